The lowest BCUT2D eigenvalue weighted by Gasteiger charge is -2.56. The van der Waals surface area contributed by atoms with Crippen LogP contribution in [-0.2, 0) is 4.79 Å². The third-order valence-corrected chi connectivity index (χ3v) is 5.87. The smallest absolute Gasteiger partial charge is 0.238 e. The van der Waals surface area contributed by atoms with Gasteiger partial charge in [0.1, 0.15) is 12.1 Å². The third-order valence-electron chi connectivity index (χ3n) is 5.87. The topological polar surface area (TPSA) is 61.4 Å². The van der Waals surface area contributed by atoms with E-state index >= 15 is 0 Å². The van der Waals surface area contributed by atoms with Crippen LogP contribution in [0, 0.1) is 11.6 Å². The predicted molar refractivity (Wildman–Crippen MR) is 100 cm³/mol. The SMILES string of the molecule is O=C(CN1C2CC1CN(c1cc(C3CC3)ncn1)C2)Nc1ccc(F)c(F)c1. The number of piperazine rings is 1. The van der Waals surface area contributed by atoms with Gasteiger partial charge in [-0.05, 0) is 31.4 Å². The van der Waals surface area contributed by atoms with Crippen LogP contribution in [0.25, 0.3) is 0 Å². The predicted octanol–water partition coefficient (Wildman–Crippen LogP) is 2.53. The summed E-state index contributed by atoms with van der Waals surface area (Å²) in [6.45, 7) is 1.91. The van der Waals surface area contributed by atoms with Gasteiger partial charge in [0, 0.05) is 54.6 Å². The number of hydrogen-bond donors (Lipinski definition) is 1. The maximum absolute atomic E-state index is 13.3. The first-order valence-corrected chi connectivity index (χ1v) is 9.64. The Bertz CT molecular complexity index is 907. The van der Waals surface area contributed by atoms with Crippen LogP contribution in [0.2, 0.25) is 0 Å². The van der Waals surface area contributed by atoms with E-state index < -0.39 is 11.6 Å². The molecule has 2 atom stereocenters. The summed E-state index contributed by atoms with van der Waals surface area (Å²) in [5.41, 5.74) is 1.40. The number of benzene rings is 1. The van der Waals surface area contributed by atoms with Crippen molar-refractivity contribution in [3.8, 4) is 0 Å². The molecule has 1 aromatic heterocycles. The molecule has 8 heteroatoms. The summed E-state index contributed by atoms with van der Waals surface area (Å²) < 4.78 is 26.3. The van der Waals surface area contributed by atoms with Gasteiger partial charge in [0.25, 0.3) is 0 Å². The number of piperidine rings is 1. The van der Waals surface area contributed by atoms with Gasteiger partial charge in [-0.15, -0.1) is 0 Å². The van der Waals surface area contributed by atoms with Gasteiger partial charge in [-0.2, -0.15) is 0 Å². The first-order valence-electron chi connectivity index (χ1n) is 9.64. The van der Waals surface area contributed by atoms with Crippen molar-refractivity contribution in [2.75, 3.05) is 29.9 Å². The fourth-order valence-electron chi connectivity index (χ4n) is 4.21. The summed E-state index contributed by atoms with van der Waals surface area (Å²) in [5, 5.41) is 2.65. The molecule has 2 aromatic rings. The fraction of sp³-hybridized carbons (Fsp3) is 0.450. The van der Waals surface area contributed by atoms with E-state index in [0.717, 1.165) is 43.2 Å². The number of nitrogens with zero attached hydrogens (tertiary/aromatic N) is 4. The van der Waals surface area contributed by atoms with Crippen molar-refractivity contribution in [1.82, 2.24) is 14.9 Å². The van der Waals surface area contributed by atoms with Crippen LogP contribution < -0.4 is 10.2 Å². The molecule has 0 radical (unpaired) electrons. The second-order valence-electron chi connectivity index (χ2n) is 7.87. The minimum absolute atomic E-state index is 0.216. The van der Waals surface area contributed by atoms with Crippen molar-refractivity contribution in [2.24, 2.45) is 0 Å². The summed E-state index contributed by atoms with van der Waals surface area (Å²) >= 11 is 0. The summed E-state index contributed by atoms with van der Waals surface area (Å²) in [6.07, 6.45) is 5.14. The van der Waals surface area contributed by atoms with Crippen molar-refractivity contribution >= 4 is 17.4 Å². The van der Waals surface area contributed by atoms with Crippen LogP contribution in [0.15, 0.2) is 30.6 Å². The van der Waals surface area contributed by atoms with E-state index in [2.05, 4.69) is 31.2 Å². The zero-order valence-corrected chi connectivity index (χ0v) is 15.3. The Kier molecular flexibility index (Phi) is 4.23. The Labute approximate surface area is 161 Å². The average molecular weight is 385 g/mol. The van der Waals surface area contributed by atoms with Gasteiger partial charge in [0.15, 0.2) is 11.6 Å². The number of amides is 1. The average Bonchev–Trinajstić information content (AvgIpc) is 3.55. The van der Waals surface area contributed by atoms with E-state index in [0.29, 0.717) is 18.0 Å². The summed E-state index contributed by atoms with van der Waals surface area (Å²) in [5.74, 6) is -0.545. The Morgan fingerprint density at radius 3 is 2.61 bits per heavy atom. The number of hydrogen-bond acceptors (Lipinski definition) is 5. The van der Waals surface area contributed by atoms with Gasteiger partial charge in [0.2, 0.25) is 5.91 Å². The highest BCUT2D eigenvalue weighted by Gasteiger charge is 2.45. The van der Waals surface area contributed by atoms with Crippen molar-refractivity contribution in [1.29, 1.82) is 0 Å². The van der Waals surface area contributed by atoms with E-state index in [1.165, 1.54) is 18.9 Å². The maximum atomic E-state index is 13.3. The van der Waals surface area contributed by atoms with E-state index in [4.69, 9.17) is 0 Å². The lowest BCUT2D eigenvalue weighted by atomic mass is 9.87. The molecule has 1 saturated carbocycles. The standard InChI is InChI=1S/C20H21F2N5O/c21-16-4-3-13(5-17(16)22)25-20(28)10-27-14-6-15(27)9-26(8-14)19-7-18(12-1-2-12)23-11-24-19/h3-5,7,11-12,14-15H,1-2,6,8-10H2,(H,25,28). The van der Waals surface area contributed by atoms with Crippen molar-refractivity contribution in [3.05, 3.63) is 47.9 Å². The molecule has 1 aliphatic carbocycles. The highest BCUT2D eigenvalue weighted by atomic mass is 19.2. The molecular weight excluding hydrogens is 364 g/mol. The van der Waals surface area contributed by atoms with Gasteiger partial charge in [-0.1, -0.05) is 0 Å². The number of halogens is 2. The number of fused-ring (bicyclic) bond motifs is 2. The van der Waals surface area contributed by atoms with Crippen molar-refractivity contribution in [2.45, 2.75) is 37.3 Å². The zero-order valence-electron chi connectivity index (χ0n) is 15.3. The molecule has 2 unspecified atom stereocenters. The third kappa shape index (κ3) is 3.32. The lowest BCUT2D eigenvalue weighted by molar-refractivity contribution is -0.121. The molecule has 0 spiro atoms. The van der Waals surface area contributed by atoms with E-state index in [1.54, 1.807) is 6.33 Å². The number of nitrogens with one attached hydrogen (secondary N) is 1. The van der Waals surface area contributed by atoms with E-state index in [-0.39, 0.29) is 18.1 Å². The highest BCUT2D eigenvalue weighted by Crippen LogP contribution is 2.40. The number of anilines is 2. The van der Waals surface area contributed by atoms with Crippen LogP contribution in [-0.4, -0.2) is 52.5 Å². The number of carbonyl (C=O) groups is 1. The van der Waals surface area contributed by atoms with Gasteiger partial charge in [-0.25, -0.2) is 18.7 Å². The molecule has 2 bridgehead atoms. The Morgan fingerprint density at radius 2 is 1.89 bits per heavy atom. The molecule has 4 heterocycles. The van der Waals surface area contributed by atoms with Crippen molar-refractivity contribution < 1.29 is 13.6 Å². The van der Waals surface area contributed by atoms with Gasteiger partial charge in [-0.3, -0.25) is 9.69 Å². The van der Waals surface area contributed by atoms with Crippen LogP contribution >= 0.6 is 0 Å². The number of carbonyl (C=O) groups excluding carboxylic acids is 1. The molecule has 3 saturated heterocycles. The number of rotatable bonds is 5. The number of aromatic nitrogens is 2. The maximum Gasteiger partial charge on any atom is 0.238 e. The van der Waals surface area contributed by atoms with E-state index in [9.17, 15) is 13.6 Å². The first kappa shape index (κ1) is 17.5. The van der Waals surface area contributed by atoms with Crippen molar-refractivity contribution in [3.63, 3.8) is 0 Å². The fourth-order valence-corrected chi connectivity index (χ4v) is 4.21. The molecule has 1 N–H and O–H groups in total. The zero-order chi connectivity index (χ0) is 19.3. The second-order valence-corrected chi connectivity index (χ2v) is 7.87. The van der Waals surface area contributed by atoms with Gasteiger partial charge < -0.3 is 10.2 Å². The van der Waals surface area contributed by atoms with Crippen LogP contribution in [0.5, 0.6) is 0 Å². The van der Waals surface area contributed by atoms with Crippen LogP contribution in [0.1, 0.15) is 30.9 Å². The van der Waals surface area contributed by atoms with Crippen LogP contribution in [0.4, 0.5) is 20.3 Å². The van der Waals surface area contributed by atoms with Crippen LogP contribution in [0.3, 0.4) is 0 Å². The Balaban J connectivity index is 1.19. The highest BCUT2D eigenvalue weighted by molar-refractivity contribution is 5.92. The molecule has 1 aromatic carbocycles. The molecule has 146 valence electrons. The monoisotopic (exact) mass is 385 g/mol. The van der Waals surface area contributed by atoms with E-state index in [1.807, 2.05) is 0 Å². The van der Waals surface area contributed by atoms with Gasteiger partial charge in [0.05, 0.1) is 6.54 Å². The molecule has 28 heavy (non-hydrogen) atoms. The summed E-state index contributed by atoms with van der Waals surface area (Å²) in [6, 6.07) is 6.07. The molecule has 6 rings (SSSR count). The van der Waals surface area contributed by atoms with Gasteiger partial charge >= 0.3 is 0 Å². The quantitative estimate of drug-likeness (QED) is 0.857. The molecule has 4 aliphatic rings. The normalized spacial score (nSPS) is 24.0. The summed E-state index contributed by atoms with van der Waals surface area (Å²) in [7, 11) is 0. The summed E-state index contributed by atoms with van der Waals surface area (Å²) in [4.78, 5) is 25.6. The lowest BCUT2D eigenvalue weighted by Crippen LogP contribution is -2.69. The first-order chi connectivity index (χ1) is 13.6. The molecule has 4 fully saturated rings. The Morgan fingerprint density at radius 1 is 1.11 bits per heavy atom. The molecular formula is C20H21F2N5O. The largest absolute Gasteiger partial charge is 0.353 e. The second kappa shape index (κ2) is 6.77. The molecule has 1 amide bonds. The molecule has 6 nitrogen and oxygen atoms in total. The molecule has 3 aliphatic heterocycles. The minimum atomic E-state index is -0.968. The minimum Gasteiger partial charge on any atom is -0.353 e. The Hall–Kier alpha value is -2.61.